The maximum atomic E-state index is 13.7. The summed E-state index contributed by atoms with van der Waals surface area (Å²) in [5.41, 5.74) is 2.07. The van der Waals surface area contributed by atoms with Gasteiger partial charge in [-0.2, -0.15) is 0 Å². The number of aromatic nitrogens is 1. The number of hydrogen-bond donors (Lipinski definition) is 2. The first kappa shape index (κ1) is 25.5. The molecule has 3 heterocycles. The number of carbonyl (C=O) groups excluding carboxylic acids is 3. The fourth-order valence-corrected chi connectivity index (χ4v) is 4.45. The van der Waals surface area contributed by atoms with Crippen LogP contribution in [0.1, 0.15) is 32.8 Å². The summed E-state index contributed by atoms with van der Waals surface area (Å²) in [5.74, 6) is -0.545. The van der Waals surface area contributed by atoms with Gasteiger partial charge in [0, 0.05) is 36.1 Å². The molecule has 1 aromatic heterocycles. The van der Waals surface area contributed by atoms with Crippen LogP contribution in [0.4, 0.5) is 4.39 Å². The van der Waals surface area contributed by atoms with E-state index in [1.165, 1.54) is 37.4 Å². The Morgan fingerprint density at radius 3 is 2.79 bits per heavy atom. The normalized spacial score (nSPS) is 15.9. The molecule has 0 radical (unpaired) electrons. The molecule has 1 fully saturated rings. The van der Waals surface area contributed by atoms with Gasteiger partial charge in [-0.15, -0.1) is 0 Å². The van der Waals surface area contributed by atoms with Gasteiger partial charge in [-0.25, -0.2) is 9.37 Å². The number of fused-ring (bicyclic) bond motifs is 1. The third-order valence-corrected chi connectivity index (χ3v) is 6.54. The van der Waals surface area contributed by atoms with E-state index in [9.17, 15) is 18.8 Å². The van der Waals surface area contributed by atoms with Crippen molar-refractivity contribution in [2.75, 3.05) is 26.8 Å². The van der Waals surface area contributed by atoms with Gasteiger partial charge in [0.05, 0.1) is 25.3 Å². The fraction of sp³-hybridized carbons (Fsp3) is 0.259. The van der Waals surface area contributed by atoms with E-state index in [0.717, 1.165) is 5.56 Å². The predicted molar refractivity (Wildman–Crippen MR) is 136 cm³/mol. The van der Waals surface area contributed by atoms with Gasteiger partial charge in [-0.1, -0.05) is 11.6 Å². The monoisotopic (exact) mass is 539 g/mol. The average molecular weight is 540 g/mol. The molecule has 1 saturated heterocycles. The largest absolute Gasteiger partial charge is 0.493 e. The van der Waals surface area contributed by atoms with E-state index in [0.29, 0.717) is 48.7 Å². The van der Waals surface area contributed by atoms with Gasteiger partial charge >= 0.3 is 0 Å². The number of hydrogen-bond acceptors (Lipinski definition) is 7. The van der Waals surface area contributed by atoms with Crippen LogP contribution in [0, 0.1) is 5.82 Å². The summed E-state index contributed by atoms with van der Waals surface area (Å²) >= 11 is 5.95. The number of benzene rings is 2. The van der Waals surface area contributed by atoms with E-state index in [-0.39, 0.29) is 34.5 Å². The van der Waals surface area contributed by atoms with Crippen molar-refractivity contribution in [2.45, 2.75) is 18.9 Å². The fourth-order valence-electron chi connectivity index (χ4n) is 4.27. The van der Waals surface area contributed by atoms with Crippen LogP contribution in [0.3, 0.4) is 0 Å². The lowest BCUT2D eigenvalue weighted by Crippen LogP contribution is -2.30. The number of carbonyl (C=O) groups is 3. The Bertz CT molecular complexity index is 1450. The van der Waals surface area contributed by atoms with Crippen LogP contribution in [0.5, 0.6) is 17.2 Å². The van der Waals surface area contributed by atoms with E-state index in [1.54, 1.807) is 12.1 Å². The van der Waals surface area contributed by atoms with Gasteiger partial charge in [0.1, 0.15) is 23.0 Å². The number of nitrogens with zero attached hydrogens (tertiary/aromatic N) is 1. The molecule has 11 heteroatoms. The van der Waals surface area contributed by atoms with Crippen molar-refractivity contribution >= 4 is 29.2 Å². The van der Waals surface area contributed by atoms with Crippen LogP contribution < -0.4 is 24.8 Å². The number of rotatable bonds is 8. The highest BCUT2D eigenvalue weighted by molar-refractivity contribution is 6.31. The van der Waals surface area contributed by atoms with Crippen molar-refractivity contribution in [1.82, 2.24) is 15.6 Å². The summed E-state index contributed by atoms with van der Waals surface area (Å²) in [5, 5.41) is 5.22. The first-order valence-electron chi connectivity index (χ1n) is 11.9. The Morgan fingerprint density at radius 2 is 2.05 bits per heavy atom. The number of nitrogens with one attached hydrogen (secondary N) is 2. The second-order valence-electron chi connectivity index (χ2n) is 8.73. The van der Waals surface area contributed by atoms with Crippen molar-refractivity contribution in [1.29, 1.82) is 0 Å². The lowest BCUT2D eigenvalue weighted by atomic mass is 10.0. The number of ether oxygens (including phenoxy) is 3. The maximum absolute atomic E-state index is 13.7. The third-order valence-electron chi connectivity index (χ3n) is 6.25. The highest BCUT2D eigenvalue weighted by atomic mass is 35.5. The minimum Gasteiger partial charge on any atom is -0.493 e. The summed E-state index contributed by atoms with van der Waals surface area (Å²) in [6, 6.07) is 10.3. The molecule has 2 aliphatic heterocycles. The van der Waals surface area contributed by atoms with Crippen LogP contribution in [0.2, 0.25) is 5.02 Å². The molecule has 2 aromatic carbocycles. The first-order chi connectivity index (χ1) is 18.3. The highest BCUT2D eigenvalue weighted by Crippen LogP contribution is 2.37. The molecule has 2 aliphatic rings. The number of Topliss-reactive ketones (excluding diaryl/α,β-unsaturated/α-hetero) is 1. The van der Waals surface area contributed by atoms with Crippen LogP contribution in [-0.2, 0) is 11.2 Å². The third kappa shape index (κ3) is 5.12. The number of methoxy groups -OCH3 is 1. The van der Waals surface area contributed by atoms with Gasteiger partial charge in [0.25, 0.3) is 11.8 Å². The molecule has 0 saturated carbocycles. The Labute approximate surface area is 222 Å². The quantitative estimate of drug-likeness (QED) is 0.422. The number of halogens is 2. The zero-order valence-corrected chi connectivity index (χ0v) is 21.1. The van der Waals surface area contributed by atoms with Gasteiger partial charge < -0.3 is 24.8 Å². The van der Waals surface area contributed by atoms with Gasteiger partial charge in [-0.05, 0) is 42.5 Å². The van der Waals surface area contributed by atoms with E-state index >= 15 is 0 Å². The summed E-state index contributed by atoms with van der Waals surface area (Å²) in [6.07, 6.45) is 0.496. The van der Waals surface area contributed by atoms with E-state index in [2.05, 4.69) is 15.6 Å². The molecule has 38 heavy (non-hydrogen) atoms. The van der Waals surface area contributed by atoms with E-state index < -0.39 is 23.6 Å². The van der Waals surface area contributed by atoms with E-state index in [4.69, 9.17) is 25.8 Å². The summed E-state index contributed by atoms with van der Waals surface area (Å²) < 4.78 is 30.4. The first-order valence-corrected chi connectivity index (χ1v) is 12.3. The Kier molecular flexibility index (Phi) is 7.15. The molecular weight excluding hydrogens is 517 g/mol. The summed E-state index contributed by atoms with van der Waals surface area (Å²) in [4.78, 5) is 42.0. The van der Waals surface area contributed by atoms with Crippen LogP contribution in [-0.4, -0.2) is 55.5 Å². The lowest BCUT2D eigenvalue weighted by Gasteiger charge is -2.15. The molecular formula is C27H23ClFN3O6. The highest BCUT2D eigenvalue weighted by Gasteiger charge is 2.27. The minimum absolute atomic E-state index is 0.0709. The molecule has 1 atom stereocenters. The second-order valence-corrected chi connectivity index (χ2v) is 9.14. The van der Waals surface area contributed by atoms with Crippen molar-refractivity contribution < 1.29 is 33.0 Å². The van der Waals surface area contributed by atoms with Crippen LogP contribution >= 0.6 is 11.6 Å². The van der Waals surface area contributed by atoms with Crippen molar-refractivity contribution in [3.63, 3.8) is 0 Å². The van der Waals surface area contributed by atoms with Gasteiger partial charge in [0.15, 0.2) is 23.4 Å². The second kappa shape index (κ2) is 10.7. The van der Waals surface area contributed by atoms with Crippen molar-refractivity contribution in [3.8, 4) is 28.5 Å². The molecule has 9 nitrogen and oxygen atoms in total. The molecule has 0 spiro atoms. The van der Waals surface area contributed by atoms with Crippen LogP contribution in [0.15, 0.2) is 42.5 Å². The number of pyridine rings is 1. The Morgan fingerprint density at radius 1 is 1.21 bits per heavy atom. The van der Waals surface area contributed by atoms with Crippen LogP contribution in [0.25, 0.3) is 11.3 Å². The lowest BCUT2D eigenvalue weighted by molar-refractivity contribution is -0.124. The summed E-state index contributed by atoms with van der Waals surface area (Å²) in [6.45, 7) is 0.657. The molecule has 3 aromatic rings. The Balaban J connectivity index is 1.30. The molecule has 0 aliphatic carbocycles. The molecule has 2 N–H and O–H groups in total. The van der Waals surface area contributed by atoms with E-state index in [1.807, 2.05) is 0 Å². The molecule has 5 rings (SSSR count). The van der Waals surface area contributed by atoms with Gasteiger partial charge in [-0.3, -0.25) is 14.4 Å². The molecule has 196 valence electrons. The maximum Gasteiger partial charge on any atom is 0.261 e. The SMILES string of the molecule is COc1cc(C(=O)NCC(=O)c2cc3c(c(-c4ccc(F)c(Cl)c4)n2)OCC3)ccc1OC1CCNC1=O. The number of ketones is 1. The number of amides is 2. The topological polar surface area (TPSA) is 116 Å². The average Bonchev–Trinajstić information content (AvgIpc) is 3.57. The minimum atomic E-state index is -0.623. The predicted octanol–water partition coefficient (Wildman–Crippen LogP) is 3.36. The van der Waals surface area contributed by atoms with Crippen molar-refractivity contribution in [3.05, 3.63) is 70.1 Å². The van der Waals surface area contributed by atoms with Crippen molar-refractivity contribution in [2.24, 2.45) is 0 Å². The van der Waals surface area contributed by atoms with Gasteiger partial charge in [0.2, 0.25) is 0 Å². The Hall–Kier alpha value is -4.18. The smallest absolute Gasteiger partial charge is 0.261 e. The zero-order valence-electron chi connectivity index (χ0n) is 20.3. The molecule has 1 unspecified atom stereocenters. The molecule has 0 bridgehead atoms. The zero-order chi connectivity index (χ0) is 26.8. The molecule has 2 amide bonds. The standard InChI is InChI=1S/C27H23ClFN3O6/c1-36-23-12-16(3-5-21(23)38-22-6-8-30-27(22)35)26(34)31-13-20(33)19-11-15-7-9-37-25(15)24(32-19)14-2-4-18(29)17(28)10-14/h2-5,10-12,22H,6-9,13H2,1H3,(H,30,35)(H,31,34). The summed E-state index contributed by atoms with van der Waals surface area (Å²) in [7, 11) is 1.43.